The third-order valence-corrected chi connectivity index (χ3v) is 10.8. The quantitative estimate of drug-likeness (QED) is 0.169. The summed E-state index contributed by atoms with van der Waals surface area (Å²) < 4.78 is 8.78. The summed E-state index contributed by atoms with van der Waals surface area (Å²) in [6.07, 6.45) is 0. The molecule has 0 saturated heterocycles. The molecule has 0 saturated carbocycles. The predicted octanol–water partition coefficient (Wildman–Crippen LogP) is 14.1. The average molecular weight is 677 g/mol. The molecular weight excluding hydrogens is 645 g/mol. The molecule has 0 aliphatic rings. The molecule has 53 heavy (non-hydrogen) atoms. The van der Waals surface area contributed by atoms with Crippen molar-refractivity contribution in [3.05, 3.63) is 194 Å². The van der Waals surface area contributed by atoms with Gasteiger partial charge in [-0.25, -0.2) is 0 Å². The van der Waals surface area contributed by atoms with Crippen molar-refractivity contribution in [3.63, 3.8) is 0 Å². The first-order valence-electron chi connectivity index (χ1n) is 18.1. The highest BCUT2D eigenvalue weighted by atomic mass is 16.3. The summed E-state index contributed by atoms with van der Waals surface area (Å²) in [7, 11) is 0. The zero-order chi connectivity index (χ0) is 34.9. The summed E-state index contributed by atoms with van der Waals surface area (Å²) in [6.45, 7) is 0. The van der Waals surface area contributed by atoms with E-state index in [9.17, 15) is 0 Å². The largest absolute Gasteiger partial charge is 0.456 e. The van der Waals surface area contributed by atoms with Gasteiger partial charge in [0.25, 0.3) is 0 Å². The van der Waals surface area contributed by atoms with Crippen LogP contribution in [0.25, 0.3) is 82.1 Å². The molecule has 0 fully saturated rings. The van der Waals surface area contributed by atoms with Gasteiger partial charge in [-0.3, -0.25) is 0 Å². The SMILES string of the molecule is c1ccc(-n2c3ccccc3c3cc(-c4ccc(N(c5ccc6c(c5)oc5ccccc56)c5cc6ccccc6c6ccccc56)cc4)ccc32)cc1. The van der Waals surface area contributed by atoms with Crippen LogP contribution in [0.15, 0.2) is 199 Å². The topological polar surface area (TPSA) is 21.3 Å². The molecule has 9 aromatic carbocycles. The van der Waals surface area contributed by atoms with Crippen molar-refractivity contribution in [1.82, 2.24) is 4.57 Å². The Balaban J connectivity index is 1.08. The lowest BCUT2D eigenvalue weighted by molar-refractivity contribution is 0.669. The van der Waals surface area contributed by atoms with Gasteiger partial charge in [-0.2, -0.15) is 0 Å². The van der Waals surface area contributed by atoms with E-state index in [0.29, 0.717) is 0 Å². The van der Waals surface area contributed by atoms with E-state index < -0.39 is 0 Å². The van der Waals surface area contributed by atoms with Crippen LogP contribution in [0.3, 0.4) is 0 Å². The van der Waals surface area contributed by atoms with Crippen LogP contribution in [0.5, 0.6) is 0 Å². The Hall–Kier alpha value is -7.10. The van der Waals surface area contributed by atoms with Crippen LogP contribution >= 0.6 is 0 Å². The minimum Gasteiger partial charge on any atom is -0.456 e. The molecule has 248 valence electrons. The van der Waals surface area contributed by atoms with E-state index in [0.717, 1.165) is 44.7 Å². The fraction of sp³-hybridized carbons (Fsp3) is 0. The lowest BCUT2D eigenvalue weighted by Gasteiger charge is -2.27. The predicted molar refractivity (Wildman–Crippen MR) is 223 cm³/mol. The first kappa shape index (κ1) is 29.6. The van der Waals surface area contributed by atoms with E-state index in [1.54, 1.807) is 0 Å². The number of nitrogens with zero attached hydrogens (tertiary/aromatic N) is 2. The molecule has 0 aliphatic carbocycles. The summed E-state index contributed by atoms with van der Waals surface area (Å²) in [4.78, 5) is 2.38. The fourth-order valence-electron chi connectivity index (χ4n) is 8.31. The number of hydrogen-bond donors (Lipinski definition) is 0. The number of aromatic nitrogens is 1. The van der Waals surface area contributed by atoms with Crippen molar-refractivity contribution in [3.8, 4) is 16.8 Å². The summed E-state index contributed by atoms with van der Waals surface area (Å²) >= 11 is 0. The Bertz CT molecular complexity index is 3170. The molecule has 0 bridgehead atoms. The Morgan fingerprint density at radius 3 is 1.83 bits per heavy atom. The van der Waals surface area contributed by atoms with E-state index in [1.807, 2.05) is 12.1 Å². The van der Waals surface area contributed by atoms with Crippen LogP contribution < -0.4 is 4.90 Å². The number of benzene rings is 9. The van der Waals surface area contributed by atoms with Gasteiger partial charge < -0.3 is 13.9 Å². The maximum absolute atomic E-state index is 6.42. The van der Waals surface area contributed by atoms with Gasteiger partial charge in [0.05, 0.1) is 16.7 Å². The Morgan fingerprint density at radius 2 is 0.981 bits per heavy atom. The second-order valence-electron chi connectivity index (χ2n) is 13.7. The van der Waals surface area contributed by atoms with Gasteiger partial charge in [0.1, 0.15) is 11.2 Å². The maximum Gasteiger partial charge on any atom is 0.137 e. The first-order valence-corrected chi connectivity index (χ1v) is 18.1. The summed E-state index contributed by atoms with van der Waals surface area (Å²) in [5, 5.41) is 9.62. The molecule has 2 heterocycles. The van der Waals surface area contributed by atoms with Crippen LogP contribution in [0, 0.1) is 0 Å². The second kappa shape index (κ2) is 11.7. The van der Waals surface area contributed by atoms with Crippen molar-refractivity contribution < 1.29 is 4.42 Å². The highest BCUT2D eigenvalue weighted by molar-refractivity contribution is 6.15. The van der Waals surface area contributed by atoms with Gasteiger partial charge in [-0.1, -0.05) is 121 Å². The minimum atomic E-state index is 0.874. The Kier molecular flexibility index (Phi) is 6.55. The van der Waals surface area contributed by atoms with Crippen LogP contribution in [0.1, 0.15) is 0 Å². The van der Waals surface area contributed by atoms with Crippen molar-refractivity contribution in [1.29, 1.82) is 0 Å². The average Bonchev–Trinajstić information content (AvgIpc) is 3.77. The zero-order valence-electron chi connectivity index (χ0n) is 28.8. The van der Waals surface area contributed by atoms with E-state index in [-0.39, 0.29) is 0 Å². The summed E-state index contributed by atoms with van der Waals surface area (Å²) in [5.74, 6) is 0. The van der Waals surface area contributed by atoms with Crippen molar-refractivity contribution >= 4 is 82.4 Å². The highest BCUT2D eigenvalue weighted by Crippen LogP contribution is 2.44. The molecule has 0 spiro atoms. The monoisotopic (exact) mass is 676 g/mol. The Morgan fingerprint density at radius 1 is 0.358 bits per heavy atom. The molecule has 0 N–H and O–H groups in total. The van der Waals surface area contributed by atoms with Crippen LogP contribution in [0.4, 0.5) is 17.1 Å². The number of furan rings is 1. The smallest absolute Gasteiger partial charge is 0.137 e. The van der Waals surface area contributed by atoms with Gasteiger partial charge in [0, 0.05) is 50.1 Å². The van der Waals surface area contributed by atoms with E-state index in [2.05, 4.69) is 191 Å². The molecule has 0 aliphatic heterocycles. The van der Waals surface area contributed by atoms with Gasteiger partial charge in [0.2, 0.25) is 0 Å². The molecule has 0 atom stereocenters. The fourth-order valence-corrected chi connectivity index (χ4v) is 8.31. The lowest BCUT2D eigenvalue weighted by Crippen LogP contribution is -2.10. The standard InChI is InChI=1S/C50H32N2O/c1-2-13-36(14-3-1)52-46-20-10-8-18-42(46)45-30-34(24-29-47(45)52)33-22-25-37(26-23-33)51(38-27-28-44-43-19-9-11-21-49(43)53-50(44)32-38)48-31-35-12-4-5-15-39(35)40-16-6-7-17-41(40)48/h1-32H. The Labute approximate surface area is 306 Å². The first-order chi connectivity index (χ1) is 26.3. The number of hydrogen-bond acceptors (Lipinski definition) is 2. The van der Waals surface area contributed by atoms with Gasteiger partial charge >= 0.3 is 0 Å². The van der Waals surface area contributed by atoms with E-state index >= 15 is 0 Å². The second-order valence-corrected chi connectivity index (χ2v) is 13.7. The lowest BCUT2D eigenvalue weighted by atomic mass is 9.98. The number of rotatable bonds is 5. The van der Waals surface area contributed by atoms with Gasteiger partial charge in [-0.15, -0.1) is 0 Å². The molecule has 3 heteroatoms. The normalized spacial score (nSPS) is 11.8. The molecule has 3 nitrogen and oxygen atoms in total. The zero-order valence-corrected chi connectivity index (χ0v) is 28.8. The van der Waals surface area contributed by atoms with E-state index in [1.165, 1.54) is 54.5 Å². The third kappa shape index (κ3) is 4.68. The highest BCUT2D eigenvalue weighted by Gasteiger charge is 2.20. The van der Waals surface area contributed by atoms with Crippen molar-refractivity contribution in [2.75, 3.05) is 4.90 Å². The number of para-hydroxylation sites is 3. The van der Waals surface area contributed by atoms with Gasteiger partial charge in [-0.05, 0) is 94.0 Å². The third-order valence-electron chi connectivity index (χ3n) is 10.8. The van der Waals surface area contributed by atoms with Crippen LogP contribution in [0.2, 0.25) is 0 Å². The molecule has 0 radical (unpaired) electrons. The summed E-state index contributed by atoms with van der Waals surface area (Å²) in [6, 6.07) is 69.8. The van der Waals surface area contributed by atoms with E-state index in [4.69, 9.17) is 4.42 Å². The van der Waals surface area contributed by atoms with Crippen LogP contribution in [-0.4, -0.2) is 4.57 Å². The molecule has 0 amide bonds. The van der Waals surface area contributed by atoms with Crippen molar-refractivity contribution in [2.45, 2.75) is 0 Å². The van der Waals surface area contributed by atoms with Gasteiger partial charge in [0.15, 0.2) is 0 Å². The maximum atomic E-state index is 6.42. The molecule has 2 aromatic heterocycles. The molecule has 0 unspecified atom stereocenters. The summed E-state index contributed by atoms with van der Waals surface area (Å²) in [5.41, 5.74) is 10.9. The molecular formula is C50H32N2O. The number of fused-ring (bicyclic) bond motifs is 9. The molecule has 11 rings (SSSR count). The molecule has 11 aromatic rings. The van der Waals surface area contributed by atoms with Crippen LogP contribution in [-0.2, 0) is 0 Å². The minimum absolute atomic E-state index is 0.874. The van der Waals surface area contributed by atoms with Crippen molar-refractivity contribution in [2.24, 2.45) is 0 Å². The number of anilines is 3.